The van der Waals surface area contributed by atoms with Crippen LogP contribution in [0, 0.1) is 0 Å². The van der Waals surface area contributed by atoms with E-state index in [2.05, 4.69) is 45.5 Å². The first-order valence-electron chi connectivity index (χ1n) is 7.34. The number of benzene rings is 1. The third-order valence-electron chi connectivity index (χ3n) is 3.77. The monoisotopic (exact) mass is 267 g/mol. The van der Waals surface area contributed by atoms with Crippen LogP contribution >= 0.6 is 0 Å². The van der Waals surface area contributed by atoms with Crippen LogP contribution in [0.3, 0.4) is 0 Å². The zero-order valence-electron chi connectivity index (χ0n) is 11.7. The number of nitrogens with zero attached hydrogens (tertiary/aromatic N) is 2. The first-order valence-corrected chi connectivity index (χ1v) is 7.34. The Morgan fingerprint density at radius 3 is 2.75 bits per heavy atom. The molecule has 0 amide bonds. The van der Waals surface area contributed by atoms with Crippen molar-refractivity contribution in [3.05, 3.63) is 60.3 Å². The van der Waals surface area contributed by atoms with Gasteiger partial charge in [-0.1, -0.05) is 36.4 Å². The molecular weight excluding hydrogens is 246 g/mol. The smallest absolute Gasteiger partial charge is 0.126 e. The summed E-state index contributed by atoms with van der Waals surface area (Å²) >= 11 is 0. The topological polar surface area (TPSA) is 28.2 Å². The summed E-state index contributed by atoms with van der Waals surface area (Å²) in [6, 6.07) is 17.2. The van der Waals surface area contributed by atoms with Crippen LogP contribution in [0.5, 0.6) is 0 Å². The highest BCUT2D eigenvalue weighted by molar-refractivity contribution is 5.34. The lowest BCUT2D eigenvalue weighted by Gasteiger charge is -2.33. The van der Waals surface area contributed by atoms with Crippen molar-refractivity contribution in [1.82, 2.24) is 9.88 Å². The van der Waals surface area contributed by atoms with Gasteiger partial charge in [-0.3, -0.25) is 4.90 Å². The maximum absolute atomic E-state index is 4.35. The standard InChI is InChI=1S/C17H21N3/c1-2-7-15(8-3-1)13-20-12-6-9-16(14-20)19-17-10-4-5-11-18-17/h1-5,7-8,10-11,16H,6,9,12-14H2,(H,18,19). The van der Waals surface area contributed by atoms with E-state index in [0.717, 1.165) is 18.9 Å². The second-order valence-corrected chi connectivity index (χ2v) is 5.42. The molecule has 1 atom stereocenters. The lowest BCUT2D eigenvalue weighted by Crippen LogP contribution is -2.41. The second kappa shape index (κ2) is 6.53. The fourth-order valence-electron chi connectivity index (χ4n) is 2.82. The lowest BCUT2D eigenvalue weighted by atomic mass is 10.0. The van der Waals surface area contributed by atoms with Crippen molar-refractivity contribution >= 4 is 5.82 Å². The number of anilines is 1. The van der Waals surface area contributed by atoms with E-state index in [1.165, 1.54) is 24.9 Å². The van der Waals surface area contributed by atoms with E-state index in [4.69, 9.17) is 0 Å². The third kappa shape index (κ3) is 3.58. The Morgan fingerprint density at radius 1 is 1.10 bits per heavy atom. The molecule has 1 aromatic heterocycles. The number of aromatic nitrogens is 1. The minimum absolute atomic E-state index is 0.502. The largest absolute Gasteiger partial charge is 0.366 e. The summed E-state index contributed by atoms with van der Waals surface area (Å²) in [4.78, 5) is 6.88. The molecule has 0 spiro atoms. The van der Waals surface area contributed by atoms with Gasteiger partial charge in [0.15, 0.2) is 0 Å². The van der Waals surface area contributed by atoms with Gasteiger partial charge in [0.05, 0.1) is 0 Å². The molecule has 2 aromatic rings. The molecule has 0 bridgehead atoms. The molecule has 1 unspecified atom stereocenters. The number of pyridine rings is 1. The normalized spacial score (nSPS) is 19.7. The van der Waals surface area contributed by atoms with Gasteiger partial charge in [0, 0.05) is 25.3 Å². The molecule has 3 nitrogen and oxygen atoms in total. The molecule has 1 saturated heterocycles. The van der Waals surface area contributed by atoms with E-state index in [9.17, 15) is 0 Å². The van der Waals surface area contributed by atoms with Crippen molar-refractivity contribution < 1.29 is 0 Å². The Hall–Kier alpha value is -1.87. The molecule has 1 aliphatic heterocycles. The fourth-order valence-corrected chi connectivity index (χ4v) is 2.82. The summed E-state index contributed by atoms with van der Waals surface area (Å²) < 4.78 is 0. The van der Waals surface area contributed by atoms with Gasteiger partial charge >= 0.3 is 0 Å². The highest BCUT2D eigenvalue weighted by atomic mass is 15.2. The highest BCUT2D eigenvalue weighted by Crippen LogP contribution is 2.16. The van der Waals surface area contributed by atoms with Crippen molar-refractivity contribution in [2.45, 2.75) is 25.4 Å². The number of likely N-dealkylation sites (tertiary alicyclic amines) is 1. The van der Waals surface area contributed by atoms with Gasteiger partial charge in [0.25, 0.3) is 0 Å². The molecule has 3 rings (SSSR count). The van der Waals surface area contributed by atoms with Gasteiger partial charge in [0.1, 0.15) is 5.82 Å². The van der Waals surface area contributed by atoms with Crippen molar-refractivity contribution in [3.63, 3.8) is 0 Å². The maximum Gasteiger partial charge on any atom is 0.126 e. The Bertz CT molecular complexity index is 465. The molecule has 1 fully saturated rings. The van der Waals surface area contributed by atoms with Gasteiger partial charge in [-0.15, -0.1) is 0 Å². The molecule has 0 saturated carbocycles. The highest BCUT2D eigenvalue weighted by Gasteiger charge is 2.19. The van der Waals surface area contributed by atoms with Gasteiger partial charge < -0.3 is 5.32 Å². The molecule has 20 heavy (non-hydrogen) atoms. The summed E-state index contributed by atoms with van der Waals surface area (Å²) in [6.07, 6.45) is 4.31. The van der Waals surface area contributed by atoms with Gasteiger partial charge in [-0.05, 0) is 37.1 Å². The number of nitrogens with one attached hydrogen (secondary N) is 1. The molecule has 1 aliphatic rings. The average molecular weight is 267 g/mol. The number of hydrogen-bond donors (Lipinski definition) is 1. The van der Waals surface area contributed by atoms with Crippen LogP contribution in [-0.2, 0) is 6.54 Å². The van der Waals surface area contributed by atoms with Crippen LogP contribution < -0.4 is 5.32 Å². The van der Waals surface area contributed by atoms with E-state index in [-0.39, 0.29) is 0 Å². The van der Waals surface area contributed by atoms with Crippen LogP contribution in [0.1, 0.15) is 18.4 Å². The van der Waals surface area contributed by atoms with Crippen LogP contribution in [0.15, 0.2) is 54.7 Å². The quantitative estimate of drug-likeness (QED) is 0.922. The van der Waals surface area contributed by atoms with Gasteiger partial charge in [-0.2, -0.15) is 0 Å². The van der Waals surface area contributed by atoms with Crippen molar-refractivity contribution in [2.24, 2.45) is 0 Å². The lowest BCUT2D eigenvalue weighted by molar-refractivity contribution is 0.208. The van der Waals surface area contributed by atoms with Crippen molar-refractivity contribution in [2.75, 3.05) is 18.4 Å². The summed E-state index contributed by atoms with van der Waals surface area (Å²) in [6.45, 7) is 3.32. The predicted molar refractivity (Wildman–Crippen MR) is 82.6 cm³/mol. The molecule has 2 heterocycles. The van der Waals surface area contributed by atoms with Gasteiger partial charge in [-0.25, -0.2) is 4.98 Å². The van der Waals surface area contributed by atoms with Crippen LogP contribution in [0.2, 0.25) is 0 Å². The molecule has 0 aliphatic carbocycles. The second-order valence-electron chi connectivity index (χ2n) is 5.42. The number of rotatable bonds is 4. The summed E-state index contributed by atoms with van der Waals surface area (Å²) in [7, 11) is 0. The van der Waals surface area contributed by atoms with E-state index < -0.39 is 0 Å². The zero-order chi connectivity index (χ0) is 13.6. The molecule has 104 valence electrons. The SMILES string of the molecule is c1ccc(CN2CCCC(Nc3ccccn3)C2)cc1. The van der Waals surface area contributed by atoms with E-state index in [1.807, 2.05) is 24.4 Å². The van der Waals surface area contributed by atoms with E-state index in [0.29, 0.717) is 6.04 Å². The Labute approximate surface area is 120 Å². The Kier molecular flexibility index (Phi) is 4.28. The summed E-state index contributed by atoms with van der Waals surface area (Å²) in [5, 5.41) is 3.54. The number of hydrogen-bond acceptors (Lipinski definition) is 3. The summed E-state index contributed by atoms with van der Waals surface area (Å²) in [5.41, 5.74) is 1.39. The van der Waals surface area contributed by atoms with E-state index in [1.54, 1.807) is 0 Å². The Morgan fingerprint density at radius 2 is 1.95 bits per heavy atom. The first-order chi connectivity index (χ1) is 9.90. The first kappa shape index (κ1) is 13.1. The van der Waals surface area contributed by atoms with Crippen LogP contribution in [0.4, 0.5) is 5.82 Å². The van der Waals surface area contributed by atoms with Crippen LogP contribution in [-0.4, -0.2) is 29.0 Å². The molecular formula is C17H21N3. The maximum atomic E-state index is 4.35. The summed E-state index contributed by atoms with van der Waals surface area (Å²) in [5.74, 6) is 0.985. The zero-order valence-corrected chi connectivity index (χ0v) is 11.7. The van der Waals surface area contributed by atoms with E-state index >= 15 is 0 Å². The molecule has 1 aromatic carbocycles. The predicted octanol–water partition coefficient (Wildman–Crippen LogP) is 3.16. The average Bonchev–Trinajstić information content (AvgIpc) is 2.50. The molecule has 0 radical (unpaired) electrons. The molecule has 1 N–H and O–H groups in total. The minimum Gasteiger partial charge on any atom is -0.366 e. The van der Waals surface area contributed by atoms with Crippen molar-refractivity contribution in [3.8, 4) is 0 Å². The fraction of sp³-hybridized carbons (Fsp3) is 0.353. The third-order valence-corrected chi connectivity index (χ3v) is 3.77. The molecule has 3 heteroatoms. The van der Waals surface area contributed by atoms with Crippen molar-refractivity contribution in [1.29, 1.82) is 0 Å². The Balaban J connectivity index is 1.57. The number of piperidine rings is 1. The minimum atomic E-state index is 0.502. The van der Waals surface area contributed by atoms with Gasteiger partial charge in [0.2, 0.25) is 0 Å². The van der Waals surface area contributed by atoms with Crippen LogP contribution in [0.25, 0.3) is 0 Å².